The van der Waals surface area contributed by atoms with Gasteiger partial charge in [-0.25, -0.2) is 9.18 Å². The molecule has 1 aromatic heterocycles. The fraction of sp³-hybridized carbons (Fsp3) is 0.200. The molecule has 1 heterocycles. The third kappa shape index (κ3) is 6.45. The van der Waals surface area contributed by atoms with Crippen LogP contribution in [0.3, 0.4) is 0 Å². The number of alkyl halides is 3. The summed E-state index contributed by atoms with van der Waals surface area (Å²) in [5.74, 6) is -2.96. The smallest absolute Gasteiger partial charge is 0.417 e. The van der Waals surface area contributed by atoms with E-state index in [0.29, 0.717) is 24.9 Å². The standard InChI is InChI=1S/C25H21ClF4N4O4/c1-37-9-8-32-14-11-19(34-23(35)20-16(25(28,29)30)4-3-5-17(20)26)22(33-12-14)21(31)15-7-6-13(10-18(15)27)24(36)38-2/h3-7,10-12,31-32H,8-9H2,1-2H3,(H,34,35). The molecule has 38 heavy (non-hydrogen) atoms. The van der Waals surface area contributed by atoms with Crippen molar-refractivity contribution in [2.75, 3.05) is 38.0 Å². The van der Waals surface area contributed by atoms with Gasteiger partial charge in [-0.05, 0) is 36.4 Å². The maximum Gasteiger partial charge on any atom is 0.417 e. The van der Waals surface area contributed by atoms with Crippen LogP contribution in [0.25, 0.3) is 0 Å². The highest BCUT2D eigenvalue weighted by Crippen LogP contribution is 2.35. The molecule has 0 saturated heterocycles. The Hall–Kier alpha value is -4.03. The minimum atomic E-state index is -4.88. The molecular weight excluding hydrogens is 532 g/mol. The Morgan fingerprint density at radius 2 is 1.87 bits per heavy atom. The van der Waals surface area contributed by atoms with Gasteiger partial charge >= 0.3 is 12.1 Å². The highest BCUT2D eigenvalue weighted by atomic mass is 35.5. The summed E-state index contributed by atoms with van der Waals surface area (Å²) >= 11 is 5.95. The van der Waals surface area contributed by atoms with Crippen molar-refractivity contribution >= 4 is 40.6 Å². The number of pyridine rings is 1. The van der Waals surface area contributed by atoms with Gasteiger partial charge in [-0.2, -0.15) is 13.2 Å². The number of carbonyl (C=O) groups excluding carboxylic acids is 2. The number of carbonyl (C=O) groups is 2. The van der Waals surface area contributed by atoms with Gasteiger partial charge in [0.2, 0.25) is 0 Å². The highest BCUT2D eigenvalue weighted by molar-refractivity contribution is 6.34. The lowest BCUT2D eigenvalue weighted by molar-refractivity contribution is -0.137. The maximum atomic E-state index is 14.8. The van der Waals surface area contributed by atoms with Gasteiger partial charge in [0, 0.05) is 19.2 Å². The summed E-state index contributed by atoms with van der Waals surface area (Å²) in [6.45, 7) is 0.639. The second kappa shape index (κ2) is 12.0. The Balaban J connectivity index is 2.06. The number of nitrogens with one attached hydrogen (secondary N) is 3. The van der Waals surface area contributed by atoms with E-state index in [9.17, 15) is 27.2 Å². The molecule has 200 valence electrons. The number of nitrogens with zero attached hydrogens (tertiary/aromatic N) is 1. The van der Waals surface area contributed by atoms with E-state index in [2.05, 4.69) is 20.4 Å². The van der Waals surface area contributed by atoms with Gasteiger partial charge in [-0.15, -0.1) is 0 Å². The number of methoxy groups -OCH3 is 2. The first-order valence-electron chi connectivity index (χ1n) is 10.8. The number of benzene rings is 2. The number of rotatable bonds is 9. The molecular formula is C25H21ClF4N4O4. The molecule has 0 atom stereocenters. The van der Waals surface area contributed by atoms with Crippen LogP contribution in [-0.2, 0) is 15.7 Å². The summed E-state index contributed by atoms with van der Waals surface area (Å²) in [6, 6.07) is 7.49. The molecule has 0 fully saturated rings. The summed E-state index contributed by atoms with van der Waals surface area (Å²) in [7, 11) is 2.61. The average molecular weight is 553 g/mol. The van der Waals surface area contributed by atoms with Crippen LogP contribution < -0.4 is 10.6 Å². The molecule has 0 radical (unpaired) electrons. The molecule has 3 N–H and O–H groups in total. The van der Waals surface area contributed by atoms with Crippen molar-refractivity contribution in [3.05, 3.63) is 87.4 Å². The fourth-order valence-electron chi connectivity index (χ4n) is 3.42. The monoisotopic (exact) mass is 552 g/mol. The first-order chi connectivity index (χ1) is 18.0. The van der Waals surface area contributed by atoms with Crippen LogP contribution in [0.15, 0.2) is 48.7 Å². The topological polar surface area (TPSA) is 113 Å². The summed E-state index contributed by atoms with van der Waals surface area (Å²) in [4.78, 5) is 28.9. The summed E-state index contributed by atoms with van der Waals surface area (Å²) in [5.41, 5.74) is -3.07. The predicted octanol–water partition coefficient (Wildman–Crippen LogP) is 5.41. The molecule has 0 bridgehead atoms. The Morgan fingerprint density at radius 1 is 1.13 bits per heavy atom. The fourth-order valence-corrected chi connectivity index (χ4v) is 3.68. The van der Waals surface area contributed by atoms with Crippen molar-refractivity contribution in [1.82, 2.24) is 4.98 Å². The molecule has 0 unspecified atom stereocenters. The normalized spacial score (nSPS) is 11.1. The molecule has 13 heteroatoms. The van der Waals surface area contributed by atoms with Crippen molar-refractivity contribution in [3.63, 3.8) is 0 Å². The van der Waals surface area contributed by atoms with Crippen LogP contribution in [0.4, 0.5) is 28.9 Å². The molecule has 8 nitrogen and oxygen atoms in total. The number of esters is 1. The molecule has 0 aliphatic carbocycles. The zero-order valence-corrected chi connectivity index (χ0v) is 20.8. The van der Waals surface area contributed by atoms with Gasteiger partial charge in [0.15, 0.2) is 0 Å². The maximum absolute atomic E-state index is 14.8. The van der Waals surface area contributed by atoms with Gasteiger partial charge in [0.1, 0.15) is 11.5 Å². The van der Waals surface area contributed by atoms with Crippen LogP contribution >= 0.6 is 11.6 Å². The van der Waals surface area contributed by atoms with Crippen molar-refractivity contribution in [1.29, 1.82) is 5.41 Å². The molecule has 3 rings (SSSR count). The zero-order valence-electron chi connectivity index (χ0n) is 20.0. The number of hydrogen-bond acceptors (Lipinski definition) is 7. The van der Waals surface area contributed by atoms with E-state index in [1.807, 2.05) is 0 Å². The highest BCUT2D eigenvalue weighted by Gasteiger charge is 2.36. The van der Waals surface area contributed by atoms with Crippen molar-refractivity contribution in [2.45, 2.75) is 6.18 Å². The third-order valence-corrected chi connectivity index (χ3v) is 5.53. The van der Waals surface area contributed by atoms with Gasteiger partial charge in [-0.3, -0.25) is 15.2 Å². The number of amides is 1. The molecule has 0 saturated carbocycles. The SMILES string of the molecule is COCCNc1cnc(C(=N)c2ccc(C(=O)OC)cc2F)c(NC(=O)c2c(Cl)cccc2C(F)(F)F)c1. The van der Waals surface area contributed by atoms with Gasteiger partial charge in [-0.1, -0.05) is 17.7 Å². The van der Waals surface area contributed by atoms with Gasteiger partial charge in [0.25, 0.3) is 5.91 Å². The van der Waals surface area contributed by atoms with Gasteiger partial charge < -0.3 is 20.1 Å². The molecule has 2 aromatic carbocycles. The van der Waals surface area contributed by atoms with E-state index >= 15 is 0 Å². The van der Waals surface area contributed by atoms with Gasteiger partial charge in [0.05, 0.1) is 58.7 Å². The van der Waals surface area contributed by atoms with Crippen LogP contribution in [0.5, 0.6) is 0 Å². The van der Waals surface area contributed by atoms with E-state index in [-0.39, 0.29) is 22.5 Å². The molecule has 1 amide bonds. The van der Waals surface area contributed by atoms with Crippen LogP contribution in [0.2, 0.25) is 5.02 Å². The lowest BCUT2D eigenvalue weighted by Gasteiger charge is -2.17. The lowest BCUT2D eigenvalue weighted by atomic mass is 10.0. The van der Waals surface area contributed by atoms with E-state index in [0.717, 1.165) is 31.4 Å². The second-order valence-electron chi connectivity index (χ2n) is 7.72. The summed E-state index contributed by atoms with van der Waals surface area (Å²) < 4.78 is 65.1. The lowest BCUT2D eigenvalue weighted by Crippen LogP contribution is -2.21. The first kappa shape index (κ1) is 28.5. The number of hydrogen-bond donors (Lipinski definition) is 3. The molecule has 0 aliphatic rings. The number of halogens is 5. The van der Waals surface area contributed by atoms with Crippen LogP contribution in [0, 0.1) is 11.2 Å². The van der Waals surface area contributed by atoms with Crippen LogP contribution in [-0.4, -0.2) is 49.9 Å². The summed E-state index contributed by atoms with van der Waals surface area (Å²) in [6.07, 6.45) is -3.58. The predicted molar refractivity (Wildman–Crippen MR) is 133 cm³/mol. The Kier molecular flexibility index (Phi) is 9.02. The molecule has 0 spiro atoms. The van der Waals surface area contributed by atoms with E-state index < -0.39 is 45.7 Å². The Labute approximate surface area is 219 Å². The van der Waals surface area contributed by atoms with E-state index in [1.54, 1.807) is 0 Å². The van der Waals surface area contributed by atoms with Crippen molar-refractivity contribution in [2.24, 2.45) is 0 Å². The van der Waals surface area contributed by atoms with Crippen molar-refractivity contribution in [3.8, 4) is 0 Å². The largest absolute Gasteiger partial charge is 0.465 e. The molecule has 3 aromatic rings. The Bertz CT molecular complexity index is 1380. The van der Waals surface area contributed by atoms with E-state index in [1.165, 1.54) is 25.4 Å². The zero-order chi connectivity index (χ0) is 28.0. The first-order valence-corrected chi connectivity index (χ1v) is 11.2. The average Bonchev–Trinajstić information content (AvgIpc) is 2.87. The van der Waals surface area contributed by atoms with Crippen molar-refractivity contribution < 1.29 is 36.6 Å². The Morgan fingerprint density at radius 3 is 2.50 bits per heavy atom. The molecule has 0 aliphatic heterocycles. The quantitative estimate of drug-likeness (QED) is 0.142. The summed E-state index contributed by atoms with van der Waals surface area (Å²) in [5, 5.41) is 13.4. The number of aromatic nitrogens is 1. The third-order valence-electron chi connectivity index (χ3n) is 5.21. The second-order valence-corrected chi connectivity index (χ2v) is 8.12. The van der Waals surface area contributed by atoms with Crippen LogP contribution in [0.1, 0.15) is 37.5 Å². The number of anilines is 2. The number of ether oxygens (including phenoxy) is 2. The minimum Gasteiger partial charge on any atom is -0.465 e. The minimum absolute atomic E-state index is 0.0980. The van der Waals surface area contributed by atoms with E-state index in [4.69, 9.17) is 21.7 Å².